The second-order valence-electron chi connectivity index (χ2n) is 4.66. The molecule has 1 aromatic carbocycles. The van der Waals surface area contributed by atoms with Crippen LogP contribution in [-0.2, 0) is 6.54 Å². The average Bonchev–Trinajstić information content (AvgIpc) is 2.43. The summed E-state index contributed by atoms with van der Waals surface area (Å²) in [4.78, 5) is 16.8. The molecule has 0 amide bonds. The molecule has 0 spiro atoms. The number of pyridine rings is 2. The van der Waals surface area contributed by atoms with Gasteiger partial charge in [-0.1, -0.05) is 11.6 Å². The number of benzene rings is 1. The van der Waals surface area contributed by atoms with Crippen molar-refractivity contribution in [2.75, 3.05) is 6.61 Å². The third kappa shape index (κ3) is 1.88. The number of halogens is 1. The van der Waals surface area contributed by atoms with Crippen molar-refractivity contribution in [1.82, 2.24) is 9.55 Å². The van der Waals surface area contributed by atoms with Gasteiger partial charge in [-0.2, -0.15) is 0 Å². The van der Waals surface area contributed by atoms with Gasteiger partial charge in [-0.05, 0) is 36.6 Å². The molecule has 1 N–H and O–H groups in total. The van der Waals surface area contributed by atoms with Crippen molar-refractivity contribution in [3.63, 3.8) is 0 Å². The highest BCUT2D eigenvalue weighted by molar-refractivity contribution is 6.31. The normalized spacial score (nSPS) is 11.3. The van der Waals surface area contributed by atoms with E-state index in [2.05, 4.69) is 4.98 Å². The van der Waals surface area contributed by atoms with Crippen molar-refractivity contribution in [2.24, 2.45) is 0 Å². The minimum absolute atomic E-state index is 0.0948. The Morgan fingerprint density at radius 1 is 1.30 bits per heavy atom. The molecule has 0 saturated carbocycles. The van der Waals surface area contributed by atoms with Crippen molar-refractivity contribution < 1.29 is 5.11 Å². The zero-order valence-corrected chi connectivity index (χ0v) is 11.7. The Kier molecular flexibility index (Phi) is 3.20. The van der Waals surface area contributed by atoms with Gasteiger partial charge in [-0.3, -0.25) is 9.78 Å². The Labute approximate surface area is 120 Å². The first-order valence-electron chi connectivity index (χ1n) is 6.31. The fourth-order valence-corrected chi connectivity index (χ4v) is 2.76. The van der Waals surface area contributed by atoms with Gasteiger partial charge < -0.3 is 9.67 Å². The monoisotopic (exact) mass is 288 g/mol. The van der Waals surface area contributed by atoms with E-state index in [0.717, 1.165) is 16.3 Å². The van der Waals surface area contributed by atoms with Gasteiger partial charge in [0.05, 0.1) is 23.2 Å². The molecule has 2 heterocycles. The highest BCUT2D eigenvalue weighted by atomic mass is 35.5. The van der Waals surface area contributed by atoms with Gasteiger partial charge in [0.2, 0.25) is 0 Å². The maximum atomic E-state index is 12.6. The largest absolute Gasteiger partial charge is 0.395 e. The van der Waals surface area contributed by atoms with Gasteiger partial charge in [-0.15, -0.1) is 0 Å². The minimum atomic E-state index is -0.130. The summed E-state index contributed by atoms with van der Waals surface area (Å²) in [6.45, 7) is 1.97. The molecule has 0 aliphatic rings. The third-order valence-electron chi connectivity index (χ3n) is 3.46. The molecule has 0 fully saturated rings. The second kappa shape index (κ2) is 4.89. The smallest absolute Gasteiger partial charge is 0.260 e. The summed E-state index contributed by atoms with van der Waals surface area (Å²) in [5.74, 6) is 0. The molecule has 3 aromatic rings. The summed E-state index contributed by atoms with van der Waals surface area (Å²) in [5, 5.41) is 12.1. The lowest BCUT2D eigenvalue weighted by Crippen LogP contribution is -2.23. The van der Waals surface area contributed by atoms with Crippen molar-refractivity contribution in [3.05, 3.63) is 51.5 Å². The maximum Gasteiger partial charge on any atom is 0.260 e. The van der Waals surface area contributed by atoms with Crippen LogP contribution in [0.25, 0.3) is 21.7 Å². The number of hydrogen-bond donors (Lipinski definition) is 1. The minimum Gasteiger partial charge on any atom is -0.395 e. The Bertz CT molecular complexity index is 871. The molecule has 20 heavy (non-hydrogen) atoms. The molecular weight excluding hydrogens is 276 g/mol. The van der Waals surface area contributed by atoms with Crippen LogP contribution >= 0.6 is 11.6 Å². The zero-order valence-electron chi connectivity index (χ0n) is 10.9. The lowest BCUT2D eigenvalue weighted by Gasteiger charge is -2.13. The summed E-state index contributed by atoms with van der Waals surface area (Å²) in [7, 11) is 0. The van der Waals surface area contributed by atoms with E-state index >= 15 is 0 Å². The number of aliphatic hydroxyl groups excluding tert-OH is 1. The maximum absolute atomic E-state index is 12.6. The molecule has 3 rings (SSSR count). The van der Waals surface area contributed by atoms with E-state index in [4.69, 9.17) is 11.6 Å². The molecular formula is C15H13ClN2O2. The molecule has 102 valence electrons. The molecule has 5 heteroatoms. The Balaban J connectivity index is 2.62. The van der Waals surface area contributed by atoms with Crippen LogP contribution in [0.2, 0.25) is 5.02 Å². The van der Waals surface area contributed by atoms with E-state index in [1.807, 2.05) is 25.1 Å². The fourth-order valence-electron chi connectivity index (χ4n) is 2.59. The van der Waals surface area contributed by atoms with Crippen LogP contribution < -0.4 is 5.56 Å². The van der Waals surface area contributed by atoms with Crippen LogP contribution in [-0.4, -0.2) is 21.3 Å². The number of hydrogen-bond acceptors (Lipinski definition) is 3. The summed E-state index contributed by atoms with van der Waals surface area (Å²) < 4.78 is 1.57. The predicted octanol–water partition coefficient (Wildman–Crippen LogP) is 2.50. The Morgan fingerprint density at radius 3 is 2.85 bits per heavy atom. The van der Waals surface area contributed by atoms with Crippen LogP contribution in [0.5, 0.6) is 0 Å². The lowest BCUT2D eigenvalue weighted by molar-refractivity contribution is 0.276. The number of nitrogens with zero attached hydrogens (tertiary/aromatic N) is 2. The quantitative estimate of drug-likeness (QED) is 0.737. The molecule has 0 radical (unpaired) electrons. The molecule has 0 saturated heterocycles. The molecule has 0 aliphatic heterocycles. The number of aryl methyl sites for hydroxylation is 1. The summed E-state index contributed by atoms with van der Waals surface area (Å²) >= 11 is 6.08. The lowest BCUT2D eigenvalue weighted by atomic mass is 10.1. The van der Waals surface area contributed by atoms with Gasteiger partial charge in [0.15, 0.2) is 0 Å². The van der Waals surface area contributed by atoms with Gasteiger partial charge in [0.25, 0.3) is 5.56 Å². The van der Waals surface area contributed by atoms with Gasteiger partial charge in [0.1, 0.15) is 0 Å². The van der Waals surface area contributed by atoms with Crippen molar-refractivity contribution in [3.8, 4) is 0 Å². The van der Waals surface area contributed by atoms with Gasteiger partial charge >= 0.3 is 0 Å². The van der Waals surface area contributed by atoms with Crippen LogP contribution in [0.1, 0.15) is 5.69 Å². The number of aromatic nitrogens is 2. The van der Waals surface area contributed by atoms with Crippen LogP contribution in [0.4, 0.5) is 0 Å². The number of aliphatic hydroxyl groups is 1. The second-order valence-corrected chi connectivity index (χ2v) is 5.10. The summed E-state index contributed by atoms with van der Waals surface area (Å²) in [6, 6.07) is 7.22. The topological polar surface area (TPSA) is 55.1 Å². The highest BCUT2D eigenvalue weighted by Crippen LogP contribution is 2.26. The first-order valence-corrected chi connectivity index (χ1v) is 6.69. The van der Waals surface area contributed by atoms with Gasteiger partial charge in [0, 0.05) is 23.2 Å². The molecule has 0 bridgehead atoms. The third-order valence-corrected chi connectivity index (χ3v) is 3.70. The zero-order chi connectivity index (χ0) is 14.3. The Morgan fingerprint density at radius 2 is 2.10 bits per heavy atom. The van der Waals surface area contributed by atoms with Crippen LogP contribution in [0, 0.1) is 6.92 Å². The van der Waals surface area contributed by atoms with E-state index < -0.39 is 0 Å². The number of fused-ring (bicyclic) bond motifs is 3. The van der Waals surface area contributed by atoms with Crippen LogP contribution in [0.15, 0.2) is 35.3 Å². The van der Waals surface area contributed by atoms with E-state index in [-0.39, 0.29) is 18.7 Å². The number of rotatable bonds is 2. The molecule has 4 nitrogen and oxygen atoms in total. The molecule has 2 aromatic heterocycles. The van der Waals surface area contributed by atoms with E-state index in [1.54, 1.807) is 16.8 Å². The van der Waals surface area contributed by atoms with E-state index in [0.29, 0.717) is 16.1 Å². The van der Waals surface area contributed by atoms with Crippen molar-refractivity contribution in [2.45, 2.75) is 13.5 Å². The first-order chi connectivity index (χ1) is 9.63. The molecule has 0 aliphatic carbocycles. The average molecular weight is 289 g/mol. The molecule has 0 atom stereocenters. The standard InChI is InChI=1S/C15H13ClN2O2/c1-9-14-11(4-5-17-9)12-8-10(16)2-3-13(12)18(6-7-19)15(14)20/h2-5,8,19H,6-7H2,1H3. The fraction of sp³-hybridized carbons (Fsp3) is 0.200. The van der Waals surface area contributed by atoms with E-state index in [9.17, 15) is 9.90 Å². The summed E-state index contributed by atoms with van der Waals surface area (Å²) in [5.41, 5.74) is 1.32. The summed E-state index contributed by atoms with van der Waals surface area (Å²) in [6.07, 6.45) is 1.69. The van der Waals surface area contributed by atoms with Crippen molar-refractivity contribution in [1.29, 1.82) is 0 Å². The predicted molar refractivity (Wildman–Crippen MR) is 80.3 cm³/mol. The SMILES string of the molecule is Cc1nccc2c1c(=O)n(CCO)c1ccc(Cl)cc21. The molecule has 0 unspecified atom stereocenters. The Hall–Kier alpha value is -1.91. The van der Waals surface area contributed by atoms with Crippen LogP contribution in [0.3, 0.4) is 0 Å². The van der Waals surface area contributed by atoms with Gasteiger partial charge in [-0.25, -0.2) is 0 Å². The first kappa shape index (κ1) is 13.1. The van der Waals surface area contributed by atoms with Crippen molar-refractivity contribution >= 4 is 33.3 Å². The van der Waals surface area contributed by atoms with E-state index in [1.165, 1.54) is 0 Å². The highest BCUT2D eigenvalue weighted by Gasteiger charge is 2.12.